The predicted octanol–water partition coefficient (Wildman–Crippen LogP) is 4.32. The number of aromatic nitrogens is 1. The van der Waals surface area contributed by atoms with E-state index in [1.807, 2.05) is 13.0 Å². The molecule has 0 saturated heterocycles. The van der Waals surface area contributed by atoms with Crippen molar-refractivity contribution in [3.8, 4) is 5.75 Å². The second kappa shape index (κ2) is 8.00. The lowest BCUT2D eigenvalue weighted by Gasteiger charge is -2.33. The molecule has 9 heteroatoms. The summed E-state index contributed by atoms with van der Waals surface area (Å²) in [6.45, 7) is 2.58. The zero-order chi connectivity index (χ0) is 20.5. The van der Waals surface area contributed by atoms with Crippen LogP contribution in [0.15, 0.2) is 41.3 Å². The number of aliphatic carboxylic acids is 1. The van der Waals surface area contributed by atoms with Crippen LogP contribution < -0.4 is 9.64 Å². The van der Waals surface area contributed by atoms with E-state index in [0.29, 0.717) is 28.6 Å². The summed E-state index contributed by atoms with van der Waals surface area (Å²) in [4.78, 5) is 31.1. The van der Waals surface area contributed by atoms with Crippen LogP contribution in [0.1, 0.15) is 18.4 Å². The third-order valence-electron chi connectivity index (χ3n) is 4.39. The lowest BCUT2D eigenvalue weighted by Crippen LogP contribution is -2.41. The number of carboxylic acids is 1. The van der Waals surface area contributed by atoms with Crippen LogP contribution >= 0.6 is 23.1 Å². The van der Waals surface area contributed by atoms with Crippen molar-refractivity contribution in [1.29, 1.82) is 0 Å². The van der Waals surface area contributed by atoms with Crippen LogP contribution in [0.5, 0.6) is 5.75 Å². The molecule has 0 spiro atoms. The van der Waals surface area contributed by atoms with Gasteiger partial charge in [-0.3, -0.25) is 9.59 Å². The first-order valence-electron chi connectivity index (χ1n) is 8.96. The summed E-state index contributed by atoms with van der Waals surface area (Å²) in [5.74, 6) is -1.01. The van der Waals surface area contributed by atoms with Gasteiger partial charge in [0, 0.05) is 11.0 Å². The summed E-state index contributed by atoms with van der Waals surface area (Å²) in [5.41, 5.74) is 1.23. The van der Waals surface area contributed by atoms with E-state index in [4.69, 9.17) is 4.74 Å². The Labute approximate surface area is 174 Å². The number of rotatable bonds is 6. The van der Waals surface area contributed by atoms with E-state index in [0.717, 1.165) is 9.60 Å². The van der Waals surface area contributed by atoms with Gasteiger partial charge in [-0.2, -0.15) is 0 Å². The maximum absolute atomic E-state index is 13.5. The third-order valence-corrected chi connectivity index (χ3v) is 6.65. The van der Waals surface area contributed by atoms with Crippen LogP contribution in [0.2, 0.25) is 0 Å². The molecular weight excluding hydrogens is 415 g/mol. The first-order chi connectivity index (χ1) is 13.9. The number of benzene rings is 2. The molecule has 1 atom stereocenters. The zero-order valence-electron chi connectivity index (χ0n) is 15.4. The fourth-order valence-corrected chi connectivity index (χ4v) is 5.35. The van der Waals surface area contributed by atoms with E-state index in [9.17, 15) is 19.1 Å². The van der Waals surface area contributed by atoms with Gasteiger partial charge in [0.15, 0.2) is 0 Å². The van der Waals surface area contributed by atoms with Crippen molar-refractivity contribution in [2.45, 2.75) is 30.0 Å². The molecule has 3 aromatic rings. The number of carboxylic acid groups (broad SMARTS) is 1. The number of thiazole rings is 1. The highest BCUT2D eigenvalue weighted by Crippen LogP contribution is 2.43. The van der Waals surface area contributed by atoms with Crippen LogP contribution in [0, 0.1) is 5.82 Å². The molecule has 29 heavy (non-hydrogen) atoms. The van der Waals surface area contributed by atoms with Crippen LogP contribution in [-0.2, 0) is 16.1 Å². The van der Waals surface area contributed by atoms with Gasteiger partial charge in [0.25, 0.3) is 0 Å². The molecule has 1 unspecified atom stereocenters. The van der Waals surface area contributed by atoms with Gasteiger partial charge in [0.1, 0.15) is 16.6 Å². The van der Waals surface area contributed by atoms with Crippen molar-refractivity contribution in [2.24, 2.45) is 0 Å². The van der Waals surface area contributed by atoms with E-state index in [1.54, 1.807) is 23.1 Å². The Kier molecular flexibility index (Phi) is 5.42. The van der Waals surface area contributed by atoms with Gasteiger partial charge in [-0.05, 0) is 37.3 Å². The minimum Gasteiger partial charge on any atom is -0.494 e. The summed E-state index contributed by atoms with van der Waals surface area (Å²) >= 11 is 2.62. The monoisotopic (exact) mass is 432 g/mol. The normalized spacial score (nSPS) is 16.1. The largest absolute Gasteiger partial charge is 0.494 e. The van der Waals surface area contributed by atoms with Crippen molar-refractivity contribution in [1.82, 2.24) is 4.98 Å². The topological polar surface area (TPSA) is 79.7 Å². The lowest BCUT2D eigenvalue weighted by atomic mass is 10.2. The molecule has 1 aliphatic heterocycles. The smallest absolute Gasteiger partial charge is 0.305 e. The van der Waals surface area contributed by atoms with Crippen molar-refractivity contribution in [3.05, 3.63) is 47.2 Å². The number of hydrogen-bond acceptors (Lipinski definition) is 6. The van der Waals surface area contributed by atoms with Gasteiger partial charge in [0.05, 0.1) is 40.7 Å². The highest BCUT2D eigenvalue weighted by molar-refractivity contribution is 8.01. The third kappa shape index (κ3) is 4.06. The van der Waals surface area contributed by atoms with Gasteiger partial charge in [-0.25, -0.2) is 9.37 Å². The van der Waals surface area contributed by atoms with Crippen LogP contribution in [-0.4, -0.2) is 33.8 Å². The molecule has 150 valence electrons. The Morgan fingerprint density at radius 2 is 2.14 bits per heavy atom. The Morgan fingerprint density at radius 3 is 2.90 bits per heavy atom. The zero-order valence-corrected chi connectivity index (χ0v) is 17.1. The van der Waals surface area contributed by atoms with Gasteiger partial charge in [-0.1, -0.05) is 0 Å². The summed E-state index contributed by atoms with van der Waals surface area (Å²) in [7, 11) is 0. The maximum atomic E-state index is 13.5. The molecule has 2 heterocycles. The van der Waals surface area contributed by atoms with E-state index in [2.05, 4.69) is 4.98 Å². The number of fused-ring (bicyclic) bond motifs is 2. The fraction of sp³-hybridized carbons (Fsp3) is 0.250. The SMILES string of the molecule is CCOc1ccc2c(c1)SC(CC(=O)O)C(=O)N2Cc1nc2cc(F)ccc2s1. The van der Waals surface area contributed by atoms with E-state index >= 15 is 0 Å². The summed E-state index contributed by atoms with van der Waals surface area (Å²) in [5, 5.41) is 9.13. The molecule has 1 aliphatic rings. The highest BCUT2D eigenvalue weighted by Gasteiger charge is 2.35. The van der Waals surface area contributed by atoms with Crippen molar-refractivity contribution < 1.29 is 23.8 Å². The number of ether oxygens (including phenoxy) is 1. The first kappa shape index (κ1) is 19.7. The van der Waals surface area contributed by atoms with Crippen molar-refractivity contribution in [3.63, 3.8) is 0 Å². The number of hydrogen-bond donors (Lipinski definition) is 1. The molecule has 1 amide bonds. The molecule has 4 rings (SSSR count). The number of amides is 1. The van der Waals surface area contributed by atoms with Crippen LogP contribution in [0.4, 0.5) is 10.1 Å². The molecule has 1 aromatic heterocycles. The average Bonchev–Trinajstić information content (AvgIpc) is 3.06. The molecular formula is C20H17FN2O4S2. The Balaban J connectivity index is 1.71. The maximum Gasteiger partial charge on any atom is 0.305 e. The van der Waals surface area contributed by atoms with Crippen molar-refractivity contribution >= 4 is 50.9 Å². The number of thioether (sulfide) groups is 1. The summed E-state index contributed by atoms with van der Waals surface area (Å²) < 4.78 is 19.8. The minimum absolute atomic E-state index is 0.192. The molecule has 0 radical (unpaired) electrons. The van der Waals surface area contributed by atoms with Gasteiger partial charge in [0.2, 0.25) is 5.91 Å². The van der Waals surface area contributed by atoms with Crippen LogP contribution in [0.25, 0.3) is 10.2 Å². The Bertz CT molecular complexity index is 1100. The van der Waals surface area contributed by atoms with Crippen LogP contribution in [0.3, 0.4) is 0 Å². The molecule has 0 saturated carbocycles. The summed E-state index contributed by atoms with van der Waals surface area (Å²) in [6.07, 6.45) is -0.274. The molecule has 0 bridgehead atoms. The molecule has 2 aromatic carbocycles. The lowest BCUT2D eigenvalue weighted by molar-refractivity contribution is -0.138. The minimum atomic E-state index is -1.03. The predicted molar refractivity (Wildman–Crippen MR) is 110 cm³/mol. The summed E-state index contributed by atoms with van der Waals surface area (Å²) in [6, 6.07) is 9.81. The van der Waals surface area contributed by atoms with Crippen molar-refractivity contribution in [2.75, 3.05) is 11.5 Å². The van der Waals surface area contributed by atoms with Gasteiger partial charge >= 0.3 is 5.97 Å². The molecule has 1 N–H and O–H groups in total. The quantitative estimate of drug-likeness (QED) is 0.625. The van der Waals surface area contributed by atoms with E-state index < -0.39 is 11.2 Å². The fourth-order valence-electron chi connectivity index (χ4n) is 3.17. The second-order valence-electron chi connectivity index (χ2n) is 6.41. The molecule has 6 nitrogen and oxygen atoms in total. The first-order valence-corrected chi connectivity index (χ1v) is 10.7. The Hall–Kier alpha value is -2.65. The number of anilines is 1. The second-order valence-corrected chi connectivity index (χ2v) is 8.77. The van der Waals surface area contributed by atoms with E-state index in [1.165, 1.54) is 35.2 Å². The average molecular weight is 432 g/mol. The van der Waals surface area contributed by atoms with Gasteiger partial charge < -0.3 is 14.7 Å². The highest BCUT2D eigenvalue weighted by atomic mass is 32.2. The molecule has 0 fully saturated rings. The molecule has 0 aliphatic carbocycles. The number of halogens is 1. The van der Waals surface area contributed by atoms with E-state index in [-0.39, 0.29) is 24.7 Å². The Morgan fingerprint density at radius 1 is 1.31 bits per heavy atom. The number of carbonyl (C=O) groups excluding carboxylic acids is 1. The number of nitrogens with zero attached hydrogens (tertiary/aromatic N) is 2. The van der Waals surface area contributed by atoms with Gasteiger partial charge in [-0.15, -0.1) is 23.1 Å². The standard InChI is InChI=1S/C20H17FN2O4S2/c1-2-27-12-4-5-14-16(8-12)28-17(9-19(24)25)20(26)23(14)10-18-22-13-7-11(21)3-6-15(13)29-18/h3-8,17H,2,9-10H2,1H3,(H,24,25). The number of carbonyl (C=O) groups is 2.